The number of amides is 2. The van der Waals surface area contributed by atoms with E-state index in [4.69, 9.17) is 4.74 Å². The Bertz CT molecular complexity index is 1040. The van der Waals surface area contributed by atoms with Gasteiger partial charge >= 0.3 is 0 Å². The van der Waals surface area contributed by atoms with Crippen LogP contribution in [0.25, 0.3) is 0 Å². The van der Waals surface area contributed by atoms with Crippen molar-refractivity contribution in [1.29, 1.82) is 0 Å². The van der Waals surface area contributed by atoms with Gasteiger partial charge in [-0.3, -0.25) is 14.5 Å². The number of benzene rings is 2. The number of nitrogens with zero attached hydrogens (tertiary/aromatic N) is 1. The predicted molar refractivity (Wildman–Crippen MR) is 105 cm³/mol. The second kappa shape index (κ2) is 6.94. The van der Waals surface area contributed by atoms with Gasteiger partial charge in [-0.25, -0.2) is 13.1 Å². The number of hydrogen-bond donors (Lipinski definition) is 1. The monoisotopic (exact) mass is 402 g/mol. The summed E-state index contributed by atoms with van der Waals surface area (Å²) < 4.78 is 32.7. The molecule has 0 aromatic heterocycles. The lowest BCUT2D eigenvalue weighted by Crippen LogP contribution is -2.55. The van der Waals surface area contributed by atoms with Gasteiger partial charge in [0.25, 0.3) is 21.8 Å². The fourth-order valence-corrected chi connectivity index (χ4v) is 3.91. The lowest BCUT2D eigenvalue weighted by molar-refractivity contribution is -0.134. The first-order valence-electron chi connectivity index (χ1n) is 8.73. The highest BCUT2D eigenvalue weighted by molar-refractivity contribution is 7.90. The number of ether oxygens (including phenoxy) is 1. The average molecular weight is 402 g/mol. The molecular weight excluding hydrogens is 380 g/mol. The van der Waals surface area contributed by atoms with Crippen molar-refractivity contribution in [1.82, 2.24) is 4.72 Å². The van der Waals surface area contributed by atoms with E-state index in [2.05, 4.69) is 0 Å². The third-order valence-corrected chi connectivity index (χ3v) is 5.80. The summed E-state index contributed by atoms with van der Waals surface area (Å²) in [5.74, 6) is -0.767. The van der Waals surface area contributed by atoms with Crippen LogP contribution in [0.3, 0.4) is 0 Å². The van der Waals surface area contributed by atoms with E-state index in [-0.39, 0.29) is 4.90 Å². The quantitative estimate of drug-likeness (QED) is 0.847. The van der Waals surface area contributed by atoms with Crippen LogP contribution < -0.4 is 14.4 Å². The third kappa shape index (κ3) is 3.87. The molecule has 1 aliphatic rings. The number of nitrogens with one attached hydrogen (secondary N) is 1. The Hall–Kier alpha value is -2.87. The minimum absolute atomic E-state index is 0.0173. The molecule has 28 heavy (non-hydrogen) atoms. The van der Waals surface area contributed by atoms with Gasteiger partial charge in [0.15, 0.2) is 5.60 Å². The number of carbonyl (C=O) groups is 2. The fourth-order valence-electron chi connectivity index (χ4n) is 2.94. The summed E-state index contributed by atoms with van der Waals surface area (Å²) in [4.78, 5) is 26.5. The van der Waals surface area contributed by atoms with E-state index < -0.39 is 34.0 Å². The van der Waals surface area contributed by atoms with Gasteiger partial charge in [0.05, 0.1) is 10.6 Å². The van der Waals surface area contributed by atoms with Gasteiger partial charge in [0, 0.05) is 0 Å². The van der Waals surface area contributed by atoms with Crippen LogP contribution in [-0.2, 0) is 19.6 Å². The van der Waals surface area contributed by atoms with Crippen molar-refractivity contribution < 1.29 is 22.7 Å². The molecular formula is C20H22N2O5S. The number of aryl methyl sites for hydroxylation is 2. The second-order valence-corrected chi connectivity index (χ2v) is 9.00. The molecule has 1 N–H and O–H groups in total. The fraction of sp³-hybridized carbons (Fsp3) is 0.300. The topological polar surface area (TPSA) is 92.8 Å². The van der Waals surface area contributed by atoms with Crippen LogP contribution in [0.2, 0.25) is 0 Å². The summed E-state index contributed by atoms with van der Waals surface area (Å²) in [5, 5.41) is 0. The van der Waals surface area contributed by atoms with Gasteiger partial charge in [-0.05, 0) is 57.5 Å². The summed E-state index contributed by atoms with van der Waals surface area (Å²) in [6, 6.07) is 11.4. The molecule has 0 saturated carbocycles. The summed E-state index contributed by atoms with van der Waals surface area (Å²) in [5.41, 5.74) is 1.05. The molecule has 2 amide bonds. The van der Waals surface area contributed by atoms with Gasteiger partial charge < -0.3 is 4.74 Å². The Morgan fingerprint density at radius 3 is 2.32 bits per heavy atom. The Balaban J connectivity index is 1.86. The molecule has 3 rings (SSSR count). The van der Waals surface area contributed by atoms with Crippen LogP contribution in [-0.4, -0.2) is 32.4 Å². The number of anilines is 1. The number of rotatable bonds is 4. The number of fused-ring (bicyclic) bond motifs is 1. The van der Waals surface area contributed by atoms with E-state index in [0.29, 0.717) is 11.4 Å². The van der Waals surface area contributed by atoms with Crippen LogP contribution in [0.1, 0.15) is 25.0 Å². The summed E-state index contributed by atoms with van der Waals surface area (Å²) in [6.07, 6.45) is 0. The predicted octanol–water partition coefficient (Wildman–Crippen LogP) is 2.31. The molecule has 0 bridgehead atoms. The molecule has 0 atom stereocenters. The van der Waals surface area contributed by atoms with Crippen molar-refractivity contribution in [3.05, 3.63) is 53.6 Å². The van der Waals surface area contributed by atoms with Crippen LogP contribution in [0, 0.1) is 13.8 Å². The Morgan fingerprint density at radius 2 is 1.68 bits per heavy atom. The van der Waals surface area contributed by atoms with Crippen molar-refractivity contribution in [3.63, 3.8) is 0 Å². The molecule has 1 aliphatic heterocycles. The van der Waals surface area contributed by atoms with Gasteiger partial charge in [0.2, 0.25) is 0 Å². The highest BCUT2D eigenvalue weighted by Crippen LogP contribution is 2.38. The molecule has 2 aromatic rings. The normalized spacial score (nSPS) is 15.6. The van der Waals surface area contributed by atoms with Crippen LogP contribution >= 0.6 is 0 Å². The third-order valence-electron chi connectivity index (χ3n) is 4.41. The molecule has 2 aromatic carbocycles. The summed E-state index contributed by atoms with van der Waals surface area (Å²) in [7, 11) is -4.03. The molecule has 0 spiro atoms. The molecule has 148 valence electrons. The summed E-state index contributed by atoms with van der Waals surface area (Å²) >= 11 is 0. The maximum absolute atomic E-state index is 12.8. The van der Waals surface area contributed by atoms with Gasteiger partial charge in [0.1, 0.15) is 12.3 Å². The minimum Gasteiger partial charge on any atom is -0.476 e. The number of carbonyl (C=O) groups excluding carboxylic acids is 2. The largest absolute Gasteiger partial charge is 0.476 e. The smallest absolute Gasteiger partial charge is 0.271 e. The van der Waals surface area contributed by atoms with E-state index in [1.54, 1.807) is 38.1 Å². The van der Waals surface area contributed by atoms with Crippen LogP contribution in [0.5, 0.6) is 5.75 Å². The lowest BCUT2D eigenvalue weighted by Gasteiger charge is -2.38. The minimum atomic E-state index is -4.03. The molecule has 1 heterocycles. The first kappa shape index (κ1) is 19.9. The van der Waals surface area contributed by atoms with Crippen molar-refractivity contribution >= 4 is 27.5 Å². The Morgan fingerprint density at radius 1 is 1.07 bits per heavy atom. The van der Waals surface area contributed by atoms with Gasteiger partial charge in [-0.15, -0.1) is 0 Å². The number of hydrogen-bond acceptors (Lipinski definition) is 5. The standard InChI is InChI=1S/C20H22N2O5S/c1-13-5-8-15(9-6-13)28(25,26)21-18(23)12-22-16-11-14(2)7-10-17(16)27-20(3,4)19(22)24/h5-11H,12H2,1-4H3,(H,21,23). The van der Waals surface area contributed by atoms with Crippen molar-refractivity contribution in [2.24, 2.45) is 0 Å². The summed E-state index contributed by atoms with van der Waals surface area (Å²) in [6.45, 7) is 6.45. The first-order valence-corrected chi connectivity index (χ1v) is 10.2. The zero-order valence-corrected chi connectivity index (χ0v) is 17.0. The Labute approximate surface area is 164 Å². The zero-order chi connectivity index (χ0) is 20.7. The molecule has 0 radical (unpaired) electrons. The molecule has 8 heteroatoms. The van der Waals surface area contributed by atoms with Crippen molar-refractivity contribution in [2.75, 3.05) is 11.4 Å². The van der Waals surface area contributed by atoms with Crippen molar-refractivity contribution in [2.45, 2.75) is 38.2 Å². The average Bonchev–Trinajstić information content (AvgIpc) is 2.59. The Kier molecular flexibility index (Phi) is 4.93. The van der Waals surface area contributed by atoms with E-state index in [9.17, 15) is 18.0 Å². The number of sulfonamides is 1. The van der Waals surface area contributed by atoms with E-state index >= 15 is 0 Å². The highest BCUT2D eigenvalue weighted by atomic mass is 32.2. The maximum atomic E-state index is 12.8. The maximum Gasteiger partial charge on any atom is 0.271 e. The first-order chi connectivity index (χ1) is 13.0. The molecule has 7 nitrogen and oxygen atoms in total. The lowest BCUT2D eigenvalue weighted by atomic mass is 10.0. The molecule has 0 aliphatic carbocycles. The van der Waals surface area contributed by atoms with E-state index in [1.165, 1.54) is 17.0 Å². The second-order valence-electron chi connectivity index (χ2n) is 7.32. The highest BCUT2D eigenvalue weighted by Gasteiger charge is 2.41. The SMILES string of the molecule is Cc1ccc(S(=O)(=O)NC(=O)CN2C(=O)C(C)(C)Oc3ccc(C)cc32)cc1. The van der Waals surface area contributed by atoms with Gasteiger partial charge in [-0.2, -0.15) is 0 Å². The van der Waals surface area contributed by atoms with Crippen LogP contribution in [0.15, 0.2) is 47.4 Å². The van der Waals surface area contributed by atoms with Crippen molar-refractivity contribution in [3.8, 4) is 5.75 Å². The molecule has 0 fully saturated rings. The molecule has 0 unspecified atom stereocenters. The molecule has 0 saturated heterocycles. The zero-order valence-electron chi connectivity index (χ0n) is 16.1. The van der Waals surface area contributed by atoms with E-state index in [1.807, 2.05) is 24.6 Å². The van der Waals surface area contributed by atoms with Gasteiger partial charge in [-0.1, -0.05) is 23.8 Å². The van der Waals surface area contributed by atoms with E-state index in [0.717, 1.165) is 11.1 Å². The van der Waals surface area contributed by atoms with Crippen LogP contribution in [0.4, 0.5) is 5.69 Å².